The Labute approximate surface area is 127 Å². The van der Waals surface area contributed by atoms with E-state index in [1.165, 1.54) is 7.11 Å². The van der Waals surface area contributed by atoms with Gasteiger partial charge in [0.2, 0.25) is 5.65 Å². The summed E-state index contributed by atoms with van der Waals surface area (Å²) in [5.74, 6) is -3.58. The molecule has 0 amide bonds. The number of benzene rings is 1. The van der Waals surface area contributed by atoms with Crippen LogP contribution in [0, 0.1) is 28.8 Å². The molecule has 0 saturated carbocycles. The zero-order chi connectivity index (χ0) is 16.6. The van der Waals surface area contributed by atoms with Gasteiger partial charge in [-0.2, -0.15) is 5.26 Å². The van der Waals surface area contributed by atoms with Crippen molar-refractivity contribution in [3.63, 3.8) is 0 Å². The van der Waals surface area contributed by atoms with Gasteiger partial charge < -0.3 is 4.74 Å². The minimum atomic E-state index is -1.19. The van der Waals surface area contributed by atoms with E-state index in [0.717, 1.165) is 6.33 Å². The Morgan fingerprint density at radius 2 is 1.83 bits per heavy atom. The van der Waals surface area contributed by atoms with Gasteiger partial charge in [0, 0.05) is 12.1 Å². The predicted molar refractivity (Wildman–Crippen MR) is 71.7 cm³/mol. The van der Waals surface area contributed by atoms with Crippen LogP contribution in [0.3, 0.4) is 0 Å². The third-order valence-corrected chi connectivity index (χ3v) is 3.07. The summed E-state index contributed by atoms with van der Waals surface area (Å²) in [6.45, 7) is 0. The molecule has 23 heavy (non-hydrogen) atoms. The Morgan fingerprint density at radius 3 is 2.43 bits per heavy atom. The molecule has 2 aromatic heterocycles. The van der Waals surface area contributed by atoms with Gasteiger partial charge in [-0.05, 0) is 0 Å². The van der Waals surface area contributed by atoms with Crippen LogP contribution in [0.2, 0.25) is 0 Å². The van der Waals surface area contributed by atoms with Gasteiger partial charge in [-0.1, -0.05) is 0 Å². The fourth-order valence-electron chi connectivity index (χ4n) is 2.18. The van der Waals surface area contributed by atoms with Crippen LogP contribution in [0.1, 0.15) is 5.69 Å². The Balaban J connectivity index is 2.49. The monoisotopic (exact) mass is 317 g/mol. The largest absolute Gasteiger partial charge is 0.494 e. The molecule has 0 saturated heterocycles. The summed E-state index contributed by atoms with van der Waals surface area (Å²) in [5.41, 5.74) is -1.20. The topological polar surface area (TPSA) is 84.6 Å². The van der Waals surface area contributed by atoms with E-state index in [1.807, 2.05) is 0 Å². The van der Waals surface area contributed by atoms with Crippen LogP contribution < -0.4 is 4.74 Å². The first-order chi connectivity index (χ1) is 11.1. The van der Waals surface area contributed by atoms with Crippen molar-refractivity contribution < 1.29 is 17.9 Å². The first-order valence-corrected chi connectivity index (χ1v) is 6.17. The molecule has 0 spiro atoms. The van der Waals surface area contributed by atoms with E-state index in [1.54, 1.807) is 6.07 Å². The highest BCUT2D eigenvalue weighted by atomic mass is 19.1. The highest BCUT2D eigenvalue weighted by Gasteiger charge is 2.25. The average molecular weight is 317 g/mol. The summed E-state index contributed by atoms with van der Waals surface area (Å²) in [4.78, 5) is 7.78. The van der Waals surface area contributed by atoms with Gasteiger partial charge in [0.15, 0.2) is 17.0 Å². The molecule has 0 aliphatic heterocycles. The molecule has 9 heteroatoms. The molecule has 0 radical (unpaired) electrons. The van der Waals surface area contributed by atoms with E-state index in [0.29, 0.717) is 12.1 Å². The van der Waals surface area contributed by atoms with Crippen LogP contribution in [0.4, 0.5) is 13.2 Å². The number of hydrogen-bond acceptors (Lipinski definition) is 6. The van der Waals surface area contributed by atoms with Crippen molar-refractivity contribution in [1.82, 2.24) is 20.2 Å². The minimum absolute atomic E-state index is 0.0208. The average Bonchev–Trinajstić information content (AvgIpc) is 2.53. The van der Waals surface area contributed by atoms with Gasteiger partial charge >= 0.3 is 0 Å². The van der Waals surface area contributed by atoms with Gasteiger partial charge in [-0.15, -0.1) is 10.2 Å². The first-order valence-electron chi connectivity index (χ1n) is 6.17. The molecule has 0 bridgehead atoms. The van der Waals surface area contributed by atoms with E-state index in [4.69, 9.17) is 4.74 Å². The number of fused-ring (bicyclic) bond motifs is 1. The maximum Gasteiger partial charge on any atom is 0.205 e. The Kier molecular flexibility index (Phi) is 3.50. The molecule has 3 rings (SSSR count). The lowest BCUT2D eigenvalue weighted by atomic mass is 10.0. The lowest BCUT2D eigenvalue weighted by molar-refractivity contribution is 0.419. The van der Waals surface area contributed by atoms with Gasteiger partial charge in [0.1, 0.15) is 29.8 Å². The number of methoxy groups -OCH3 is 1. The van der Waals surface area contributed by atoms with Crippen LogP contribution in [0.25, 0.3) is 22.3 Å². The van der Waals surface area contributed by atoms with Gasteiger partial charge in [0.05, 0.1) is 18.2 Å². The normalized spacial score (nSPS) is 10.6. The first kappa shape index (κ1) is 14.6. The Hall–Kier alpha value is -3.28. The molecule has 114 valence electrons. The van der Waals surface area contributed by atoms with Crippen LogP contribution in [0.15, 0.2) is 18.5 Å². The molecule has 0 N–H and O–H groups in total. The van der Waals surface area contributed by atoms with Crippen molar-refractivity contribution in [2.24, 2.45) is 0 Å². The predicted octanol–water partition coefficient (Wildman–Crippen LogP) is 2.38. The second kappa shape index (κ2) is 5.49. The molecule has 0 unspecified atom stereocenters. The standard InChI is InChI=1S/C14H6F3N5O/c1-23-13-11(10-7(16)2-6(15)3-8(10)17)9(4-18)21-14-12(13)19-5-20-22-14/h2-3,5H,1H3. The fourth-order valence-corrected chi connectivity index (χ4v) is 2.18. The third-order valence-electron chi connectivity index (χ3n) is 3.07. The summed E-state index contributed by atoms with van der Waals surface area (Å²) >= 11 is 0. The number of halogens is 3. The van der Waals surface area contributed by atoms with E-state index >= 15 is 0 Å². The van der Waals surface area contributed by atoms with E-state index < -0.39 is 23.0 Å². The third kappa shape index (κ3) is 2.30. The highest BCUT2D eigenvalue weighted by molar-refractivity contribution is 5.90. The number of nitriles is 1. The molecular formula is C14H6F3N5O. The second-order valence-electron chi connectivity index (χ2n) is 4.36. The minimum Gasteiger partial charge on any atom is -0.494 e. The molecule has 0 aliphatic rings. The molecule has 0 atom stereocenters. The van der Waals surface area contributed by atoms with Crippen molar-refractivity contribution >= 4 is 11.2 Å². The summed E-state index contributed by atoms with van der Waals surface area (Å²) in [6.07, 6.45) is 1.10. The van der Waals surface area contributed by atoms with E-state index in [9.17, 15) is 18.4 Å². The lowest BCUT2D eigenvalue weighted by Crippen LogP contribution is -2.03. The van der Waals surface area contributed by atoms with E-state index in [2.05, 4.69) is 20.2 Å². The number of pyridine rings is 1. The molecule has 6 nitrogen and oxygen atoms in total. The second-order valence-corrected chi connectivity index (χ2v) is 4.36. The molecular weight excluding hydrogens is 311 g/mol. The highest BCUT2D eigenvalue weighted by Crippen LogP contribution is 2.39. The zero-order valence-electron chi connectivity index (χ0n) is 11.5. The van der Waals surface area contributed by atoms with Crippen LogP contribution in [-0.4, -0.2) is 27.3 Å². The number of aromatic nitrogens is 4. The quantitative estimate of drug-likeness (QED) is 0.721. The number of rotatable bonds is 2. The molecule has 2 heterocycles. The van der Waals surface area contributed by atoms with Crippen molar-refractivity contribution in [3.05, 3.63) is 41.6 Å². The van der Waals surface area contributed by atoms with Gasteiger partial charge in [-0.3, -0.25) is 0 Å². The van der Waals surface area contributed by atoms with E-state index in [-0.39, 0.29) is 28.2 Å². The molecule has 0 fully saturated rings. The zero-order valence-corrected chi connectivity index (χ0v) is 11.5. The Morgan fingerprint density at radius 1 is 1.13 bits per heavy atom. The van der Waals surface area contributed by atoms with Crippen LogP contribution in [-0.2, 0) is 0 Å². The number of ether oxygens (including phenoxy) is 1. The summed E-state index contributed by atoms with van der Waals surface area (Å²) in [5, 5.41) is 16.5. The van der Waals surface area contributed by atoms with Gasteiger partial charge in [-0.25, -0.2) is 23.1 Å². The maximum atomic E-state index is 14.1. The number of nitrogens with zero attached hydrogens (tertiary/aromatic N) is 5. The molecule has 3 aromatic rings. The lowest BCUT2D eigenvalue weighted by Gasteiger charge is -2.13. The SMILES string of the molecule is COc1c(-c2c(F)cc(F)cc2F)c(C#N)nc2nncnc12. The van der Waals surface area contributed by atoms with Crippen molar-refractivity contribution in [2.75, 3.05) is 7.11 Å². The molecule has 0 aliphatic carbocycles. The van der Waals surface area contributed by atoms with Crippen molar-refractivity contribution in [3.8, 4) is 22.9 Å². The van der Waals surface area contributed by atoms with Crippen LogP contribution in [0.5, 0.6) is 5.75 Å². The van der Waals surface area contributed by atoms with Crippen molar-refractivity contribution in [2.45, 2.75) is 0 Å². The Bertz CT molecular complexity index is 948. The summed E-state index contributed by atoms with van der Waals surface area (Å²) in [6, 6.07) is 2.72. The van der Waals surface area contributed by atoms with Crippen molar-refractivity contribution in [1.29, 1.82) is 5.26 Å². The molecule has 1 aromatic carbocycles. The number of hydrogen-bond donors (Lipinski definition) is 0. The maximum absolute atomic E-state index is 14.1. The van der Waals surface area contributed by atoms with Crippen LogP contribution >= 0.6 is 0 Å². The fraction of sp³-hybridized carbons (Fsp3) is 0.0714. The van der Waals surface area contributed by atoms with Gasteiger partial charge in [0.25, 0.3) is 0 Å². The summed E-state index contributed by atoms with van der Waals surface area (Å²) < 4.78 is 46.5. The smallest absolute Gasteiger partial charge is 0.205 e. The summed E-state index contributed by atoms with van der Waals surface area (Å²) in [7, 11) is 1.24.